The van der Waals surface area contributed by atoms with Gasteiger partial charge in [-0.3, -0.25) is 14.5 Å². The first-order valence-electron chi connectivity index (χ1n) is 9.05. The van der Waals surface area contributed by atoms with E-state index >= 15 is 0 Å². The standard InChI is InChI=1S/C20H25NO3S2/c1-3-15-9-11-16(12-10-15)14-17-19(23)21(20(25)26-17)13-7-5-6-8-18(22)24-4-2/h9-12,14H,3-8,13H2,1-2H3/b17-14+. The van der Waals surface area contributed by atoms with E-state index in [2.05, 4.69) is 19.1 Å². The number of aryl methyl sites for hydroxylation is 1. The number of hydrogen-bond donors (Lipinski definition) is 0. The molecule has 1 aliphatic heterocycles. The minimum Gasteiger partial charge on any atom is -0.466 e. The Morgan fingerprint density at radius 2 is 1.92 bits per heavy atom. The molecule has 0 aromatic heterocycles. The van der Waals surface area contributed by atoms with Crippen molar-refractivity contribution < 1.29 is 14.3 Å². The molecule has 1 aromatic carbocycles. The molecular formula is C20H25NO3S2. The van der Waals surface area contributed by atoms with Gasteiger partial charge in [-0.25, -0.2) is 0 Å². The molecule has 0 spiro atoms. The van der Waals surface area contributed by atoms with Gasteiger partial charge in [0.25, 0.3) is 5.91 Å². The molecule has 1 saturated heterocycles. The number of thioether (sulfide) groups is 1. The van der Waals surface area contributed by atoms with Crippen molar-refractivity contribution in [3.8, 4) is 0 Å². The molecule has 0 aliphatic carbocycles. The normalized spacial score (nSPS) is 15.8. The molecular weight excluding hydrogens is 366 g/mol. The van der Waals surface area contributed by atoms with Crippen molar-refractivity contribution in [1.29, 1.82) is 0 Å². The van der Waals surface area contributed by atoms with E-state index in [4.69, 9.17) is 17.0 Å². The molecule has 0 bridgehead atoms. The highest BCUT2D eigenvalue weighted by molar-refractivity contribution is 8.26. The summed E-state index contributed by atoms with van der Waals surface area (Å²) in [7, 11) is 0. The second-order valence-electron chi connectivity index (χ2n) is 6.04. The van der Waals surface area contributed by atoms with Crippen molar-refractivity contribution in [2.24, 2.45) is 0 Å². The van der Waals surface area contributed by atoms with E-state index in [1.807, 2.05) is 18.2 Å². The second-order valence-corrected chi connectivity index (χ2v) is 7.72. The highest BCUT2D eigenvalue weighted by Gasteiger charge is 2.31. The van der Waals surface area contributed by atoms with Gasteiger partial charge >= 0.3 is 5.97 Å². The van der Waals surface area contributed by atoms with Crippen LogP contribution in [0, 0.1) is 0 Å². The molecule has 0 atom stereocenters. The van der Waals surface area contributed by atoms with Crippen LogP contribution in [-0.2, 0) is 20.7 Å². The lowest BCUT2D eigenvalue weighted by atomic mass is 10.1. The van der Waals surface area contributed by atoms with Gasteiger partial charge in [0.05, 0.1) is 11.5 Å². The van der Waals surface area contributed by atoms with Crippen LogP contribution in [0.1, 0.15) is 50.7 Å². The second kappa shape index (κ2) is 10.5. The van der Waals surface area contributed by atoms with Gasteiger partial charge in [0.15, 0.2) is 0 Å². The Hall–Kier alpha value is -1.66. The lowest BCUT2D eigenvalue weighted by Gasteiger charge is -2.13. The monoisotopic (exact) mass is 391 g/mol. The first-order valence-corrected chi connectivity index (χ1v) is 10.3. The van der Waals surface area contributed by atoms with Crippen molar-refractivity contribution in [2.45, 2.75) is 46.0 Å². The van der Waals surface area contributed by atoms with Crippen LogP contribution in [0.2, 0.25) is 0 Å². The van der Waals surface area contributed by atoms with Gasteiger partial charge in [0, 0.05) is 13.0 Å². The Morgan fingerprint density at radius 1 is 1.19 bits per heavy atom. The summed E-state index contributed by atoms with van der Waals surface area (Å²) in [5, 5.41) is 0. The first-order chi connectivity index (χ1) is 12.5. The third-order valence-corrected chi connectivity index (χ3v) is 5.51. The van der Waals surface area contributed by atoms with E-state index in [9.17, 15) is 9.59 Å². The molecule has 1 fully saturated rings. The maximum Gasteiger partial charge on any atom is 0.305 e. The largest absolute Gasteiger partial charge is 0.466 e. The minimum atomic E-state index is -0.157. The number of thiocarbonyl (C=S) groups is 1. The Kier molecular flexibility index (Phi) is 8.32. The fraction of sp³-hybridized carbons (Fsp3) is 0.450. The summed E-state index contributed by atoms with van der Waals surface area (Å²) in [5.74, 6) is -0.180. The predicted octanol–water partition coefficient (Wildman–Crippen LogP) is 4.57. The van der Waals surface area contributed by atoms with Crippen LogP contribution in [0.3, 0.4) is 0 Å². The average molecular weight is 392 g/mol. The summed E-state index contributed by atoms with van der Waals surface area (Å²) in [5.41, 5.74) is 2.29. The zero-order valence-electron chi connectivity index (χ0n) is 15.3. The van der Waals surface area contributed by atoms with E-state index in [0.29, 0.717) is 28.8 Å². The van der Waals surface area contributed by atoms with E-state index < -0.39 is 0 Å². The zero-order valence-corrected chi connectivity index (χ0v) is 17.0. The summed E-state index contributed by atoms with van der Waals surface area (Å²) < 4.78 is 5.51. The van der Waals surface area contributed by atoms with E-state index in [0.717, 1.165) is 31.2 Å². The quantitative estimate of drug-likeness (QED) is 0.267. The average Bonchev–Trinajstić information content (AvgIpc) is 2.89. The third-order valence-electron chi connectivity index (χ3n) is 4.13. The number of rotatable bonds is 9. The Bertz CT molecular complexity index is 683. The smallest absolute Gasteiger partial charge is 0.305 e. The summed E-state index contributed by atoms with van der Waals surface area (Å²) in [4.78, 5) is 26.2. The molecule has 1 amide bonds. The van der Waals surface area contributed by atoms with Crippen LogP contribution in [0.4, 0.5) is 0 Å². The molecule has 26 heavy (non-hydrogen) atoms. The fourth-order valence-corrected chi connectivity index (χ4v) is 3.95. The number of carbonyl (C=O) groups is 2. The summed E-state index contributed by atoms with van der Waals surface area (Å²) in [6.07, 6.45) is 5.79. The van der Waals surface area contributed by atoms with Gasteiger partial charge < -0.3 is 4.74 Å². The molecule has 6 heteroatoms. The number of amides is 1. The number of unbranched alkanes of at least 4 members (excludes halogenated alkanes) is 2. The maximum atomic E-state index is 12.6. The summed E-state index contributed by atoms with van der Waals surface area (Å²) in [6, 6.07) is 8.22. The molecule has 1 heterocycles. The molecule has 1 aliphatic rings. The van der Waals surface area contributed by atoms with Crippen molar-refractivity contribution in [3.63, 3.8) is 0 Å². The van der Waals surface area contributed by atoms with Gasteiger partial charge in [0.1, 0.15) is 4.32 Å². The molecule has 1 aromatic rings. The Balaban J connectivity index is 1.84. The van der Waals surface area contributed by atoms with Crippen LogP contribution in [0.5, 0.6) is 0 Å². The van der Waals surface area contributed by atoms with Gasteiger partial charge in [-0.05, 0) is 43.4 Å². The van der Waals surface area contributed by atoms with Crippen LogP contribution in [0.25, 0.3) is 6.08 Å². The fourth-order valence-electron chi connectivity index (χ4n) is 2.64. The zero-order chi connectivity index (χ0) is 18.9. The van der Waals surface area contributed by atoms with E-state index in [1.165, 1.54) is 17.3 Å². The highest BCUT2D eigenvalue weighted by atomic mass is 32.2. The van der Waals surface area contributed by atoms with Gasteiger partial charge in [-0.15, -0.1) is 0 Å². The van der Waals surface area contributed by atoms with Crippen LogP contribution >= 0.6 is 24.0 Å². The number of nitrogens with zero attached hydrogens (tertiary/aromatic N) is 1. The summed E-state index contributed by atoms with van der Waals surface area (Å²) >= 11 is 6.71. The molecule has 140 valence electrons. The van der Waals surface area contributed by atoms with Crippen LogP contribution < -0.4 is 0 Å². The summed E-state index contributed by atoms with van der Waals surface area (Å²) in [6.45, 7) is 4.94. The lowest BCUT2D eigenvalue weighted by molar-refractivity contribution is -0.143. The number of hydrogen-bond acceptors (Lipinski definition) is 5. The lowest BCUT2D eigenvalue weighted by Crippen LogP contribution is -2.29. The van der Waals surface area contributed by atoms with E-state index in [1.54, 1.807) is 11.8 Å². The van der Waals surface area contributed by atoms with Gasteiger partial charge in [-0.2, -0.15) is 0 Å². The van der Waals surface area contributed by atoms with Crippen LogP contribution in [0.15, 0.2) is 29.2 Å². The molecule has 0 radical (unpaired) electrons. The SMILES string of the molecule is CCOC(=O)CCCCCN1C(=O)/C(=C\c2ccc(CC)cc2)SC1=S. The van der Waals surface area contributed by atoms with Gasteiger partial charge in [0.2, 0.25) is 0 Å². The third kappa shape index (κ3) is 5.95. The highest BCUT2D eigenvalue weighted by Crippen LogP contribution is 2.32. The number of ether oxygens (including phenoxy) is 1. The number of esters is 1. The number of carbonyl (C=O) groups excluding carboxylic acids is 2. The van der Waals surface area contributed by atoms with Crippen molar-refractivity contribution in [1.82, 2.24) is 4.90 Å². The Labute approximate surface area is 165 Å². The Morgan fingerprint density at radius 3 is 2.58 bits per heavy atom. The topological polar surface area (TPSA) is 46.6 Å². The van der Waals surface area contributed by atoms with Crippen molar-refractivity contribution >= 4 is 46.3 Å². The van der Waals surface area contributed by atoms with Crippen LogP contribution in [-0.4, -0.2) is 34.2 Å². The maximum absolute atomic E-state index is 12.6. The van der Waals surface area contributed by atoms with Gasteiger partial charge in [-0.1, -0.05) is 61.6 Å². The number of benzene rings is 1. The van der Waals surface area contributed by atoms with Crippen molar-refractivity contribution in [3.05, 3.63) is 40.3 Å². The molecule has 0 saturated carbocycles. The molecule has 4 nitrogen and oxygen atoms in total. The van der Waals surface area contributed by atoms with Crippen molar-refractivity contribution in [2.75, 3.05) is 13.2 Å². The molecule has 0 unspecified atom stereocenters. The predicted molar refractivity (Wildman–Crippen MR) is 111 cm³/mol. The molecule has 0 N–H and O–H groups in total. The van der Waals surface area contributed by atoms with E-state index in [-0.39, 0.29) is 11.9 Å². The molecule has 2 rings (SSSR count). The minimum absolute atomic E-state index is 0.0232. The first kappa shape index (κ1) is 20.6.